The lowest BCUT2D eigenvalue weighted by Gasteiger charge is -2.41. The molecule has 2 aromatic carbocycles. The summed E-state index contributed by atoms with van der Waals surface area (Å²) >= 11 is 12.3. The minimum absolute atomic E-state index is 0.0255. The number of hydrogen-bond acceptors (Lipinski definition) is 6. The average molecular weight is 586 g/mol. The van der Waals surface area contributed by atoms with Crippen LogP contribution >= 0.6 is 23.2 Å². The van der Waals surface area contributed by atoms with Crippen molar-refractivity contribution in [3.05, 3.63) is 98.5 Å². The highest BCUT2D eigenvalue weighted by atomic mass is 35.5. The number of likely N-dealkylation sites (N-methyl/N-ethyl adjacent to an activating group) is 1. The summed E-state index contributed by atoms with van der Waals surface area (Å²) < 4.78 is 23.2. The fraction of sp³-hybridized carbons (Fsp3) is 0.367. The summed E-state index contributed by atoms with van der Waals surface area (Å²) in [5, 5.41) is 12.1. The van der Waals surface area contributed by atoms with Gasteiger partial charge >= 0.3 is 0 Å². The van der Waals surface area contributed by atoms with Crippen molar-refractivity contribution in [1.82, 2.24) is 14.8 Å². The molecule has 1 saturated carbocycles. The lowest BCUT2D eigenvalue weighted by Crippen LogP contribution is -2.48. The lowest BCUT2D eigenvalue weighted by atomic mass is 9.87. The number of nitrogens with zero attached hydrogens (tertiary/aromatic N) is 3. The summed E-state index contributed by atoms with van der Waals surface area (Å²) in [4.78, 5) is 34.1. The second-order valence-electron chi connectivity index (χ2n) is 10.9. The van der Waals surface area contributed by atoms with Crippen LogP contribution in [0.1, 0.15) is 58.9 Å². The van der Waals surface area contributed by atoms with Crippen LogP contribution in [0.15, 0.2) is 54.7 Å². The highest BCUT2D eigenvalue weighted by molar-refractivity contribution is 6.30. The van der Waals surface area contributed by atoms with Crippen LogP contribution < -0.4 is 0 Å². The van der Waals surface area contributed by atoms with Crippen molar-refractivity contribution >= 4 is 34.9 Å². The van der Waals surface area contributed by atoms with Gasteiger partial charge in [-0.2, -0.15) is 0 Å². The largest absolute Gasteiger partial charge is 0.384 e. The van der Waals surface area contributed by atoms with Gasteiger partial charge in [0.15, 0.2) is 0 Å². The summed E-state index contributed by atoms with van der Waals surface area (Å²) in [7, 11) is 3.60. The number of carbonyl (C=O) groups excluding carboxylic acids is 2. The number of fused-ring (bicyclic) bond motifs is 1. The third-order valence-corrected chi connectivity index (χ3v) is 7.89. The number of pyridine rings is 1. The summed E-state index contributed by atoms with van der Waals surface area (Å²) in [6, 6.07) is 12.8. The third-order valence-electron chi connectivity index (χ3n) is 7.41. The maximum atomic E-state index is 16.5. The van der Waals surface area contributed by atoms with Gasteiger partial charge in [0.1, 0.15) is 11.6 Å². The quantitative estimate of drug-likeness (QED) is 0.386. The maximum Gasteiger partial charge on any atom is 0.257 e. The van der Waals surface area contributed by atoms with Crippen LogP contribution in [0, 0.1) is 5.82 Å². The Morgan fingerprint density at radius 1 is 1.15 bits per heavy atom. The molecule has 2 heterocycles. The van der Waals surface area contributed by atoms with Gasteiger partial charge in [-0.15, -0.1) is 0 Å². The zero-order chi connectivity index (χ0) is 28.8. The number of ketones is 1. The molecule has 1 aliphatic heterocycles. The molecule has 1 N–H and O–H groups in total. The van der Waals surface area contributed by atoms with Crippen molar-refractivity contribution < 1.29 is 23.8 Å². The van der Waals surface area contributed by atoms with Crippen molar-refractivity contribution in [2.45, 2.75) is 50.2 Å². The van der Waals surface area contributed by atoms with E-state index in [0.717, 1.165) is 0 Å². The number of rotatable bonds is 8. The molecule has 1 unspecified atom stereocenters. The van der Waals surface area contributed by atoms with E-state index in [9.17, 15) is 14.7 Å². The molecule has 0 radical (unpaired) electrons. The van der Waals surface area contributed by atoms with Gasteiger partial charge in [0, 0.05) is 36.2 Å². The number of aliphatic hydroxyl groups is 1. The van der Waals surface area contributed by atoms with Crippen molar-refractivity contribution in [3.8, 4) is 0 Å². The van der Waals surface area contributed by atoms with E-state index in [1.54, 1.807) is 62.3 Å². The van der Waals surface area contributed by atoms with E-state index in [0.29, 0.717) is 34.1 Å². The number of aromatic nitrogens is 1. The Balaban J connectivity index is 1.74. The van der Waals surface area contributed by atoms with Gasteiger partial charge in [0.05, 0.1) is 40.1 Å². The number of hydrogen-bond donors (Lipinski definition) is 1. The molecule has 3 atom stereocenters. The Labute approximate surface area is 242 Å². The first kappa shape index (κ1) is 28.6. The van der Waals surface area contributed by atoms with E-state index in [1.807, 2.05) is 0 Å². The van der Waals surface area contributed by atoms with Crippen LogP contribution in [-0.4, -0.2) is 58.3 Å². The molecule has 1 aliphatic carbocycles. The lowest BCUT2D eigenvalue weighted by molar-refractivity contribution is -0.149. The number of carbonyl (C=O) groups is 2. The molecule has 5 rings (SSSR count). The summed E-state index contributed by atoms with van der Waals surface area (Å²) in [5.74, 6) is -1.15. The first-order chi connectivity index (χ1) is 18.9. The molecule has 0 spiro atoms. The van der Waals surface area contributed by atoms with E-state index in [2.05, 4.69) is 4.98 Å². The van der Waals surface area contributed by atoms with Crippen LogP contribution in [-0.2, 0) is 27.4 Å². The highest BCUT2D eigenvalue weighted by Crippen LogP contribution is 2.50. The summed E-state index contributed by atoms with van der Waals surface area (Å²) in [6.45, 7) is 1.76. The second kappa shape index (κ2) is 10.8. The minimum atomic E-state index is -1.72. The Kier molecular flexibility index (Phi) is 7.76. The fourth-order valence-corrected chi connectivity index (χ4v) is 5.93. The highest BCUT2D eigenvalue weighted by Gasteiger charge is 2.56. The van der Waals surface area contributed by atoms with Gasteiger partial charge in [-0.05, 0) is 69.4 Å². The number of Topliss-reactive ketones (excluding diaryl/α,β-unsaturated/α-hetero) is 1. The molecule has 1 amide bonds. The molecule has 40 heavy (non-hydrogen) atoms. The Morgan fingerprint density at radius 2 is 1.85 bits per heavy atom. The average Bonchev–Trinajstić information content (AvgIpc) is 3.39. The molecule has 1 fully saturated rings. The summed E-state index contributed by atoms with van der Waals surface area (Å²) in [5.41, 5.74) is -1.81. The number of ether oxygens (including phenoxy) is 1. The van der Waals surface area contributed by atoms with Crippen molar-refractivity contribution in [3.63, 3.8) is 0 Å². The van der Waals surface area contributed by atoms with Crippen LogP contribution in [0.5, 0.6) is 0 Å². The van der Waals surface area contributed by atoms with Crippen molar-refractivity contribution in [2.75, 3.05) is 20.6 Å². The van der Waals surface area contributed by atoms with Crippen molar-refractivity contribution in [2.24, 2.45) is 0 Å². The minimum Gasteiger partial charge on any atom is -0.384 e. The maximum absolute atomic E-state index is 16.5. The molecular weight excluding hydrogens is 556 g/mol. The monoisotopic (exact) mass is 585 g/mol. The Hall–Kier alpha value is -2.88. The van der Waals surface area contributed by atoms with Crippen LogP contribution in [0.25, 0.3) is 0 Å². The molecule has 210 valence electrons. The standard InChI is InChI=1S/C30H30Cl2FN3O4/c1-29(39,17-35(2)3)19-12-25-27(26(33)13-19)30(18-4-6-20(31)7-5-18,40-24-11-10-23(37)14-24)36(28(25)38)16-22-9-8-21(32)15-34-22/h4-9,12-13,15,24,39H,10-11,14,16-17H2,1-3H3/t24-,29?,30+/m0/s1. The molecule has 0 saturated heterocycles. The van der Waals surface area contributed by atoms with E-state index in [4.69, 9.17) is 27.9 Å². The first-order valence-corrected chi connectivity index (χ1v) is 13.8. The van der Waals surface area contributed by atoms with Crippen molar-refractivity contribution in [1.29, 1.82) is 0 Å². The topological polar surface area (TPSA) is 83.0 Å². The first-order valence-electron chi connectivity index (χ1n) is 13.0. The van der Waals surface area contributed by atoms with Gasteiger partial charge in [0.2, 0.25) is 5.72 Å². The van der Waals surface area contributed by atoms with Gasteiger partial charge < -0.3 is 14.7 Å². The number of amides is 1. The third kappa shape index (κ3) is 5.27. The number of benzene rings is 2. The van der Waals surface area contributed by atoms with E-state index in [-0.39, 0.29) is 42.0 Å². The Morgan fingerprint density at radius 3 is 2.45 bits per heavy atom. The van der Waals surface area contributed by atoms with Gasteiger partial charge in [-0.3, -0.25) is 19.5 Å². The Bertz CT molecular complexity index is 1450. The van der Waals surface area contributed by atoms with E-state index in [1.165, 1.54) is 23.2 Å². The zero-order valence-electron chi connectivity index (χ0n) is 22.5. The van der Waals surface area contributed by atoms with Gasteiger partial charge in [0.25, 0.3) is 5.91 Å². The van der Waals surface area contributed by atoms with Crippen LogP contribution in [0.4, 0.5) is 4.39 Å². The second-order valence-corrected chi connectivity index (χ2v) is 11.8. The number of halogens is 3. The molecule has 2 aliphatic rings. The van der Waals surface area contributed by atoms with Gasteiger partial charge in [-0.1, -0.05) is 35.3 Å². The molecule has 1 aromatic heterocycles. The predicted octanol–water partition coefficient (Wildman–Crippen LogP) is 5.29. The SMILES string of the molecule is CN(C)CC(C)(O)c1cc(F)c2c(c1)C(=O)N(Cc1ccc(Cl)cn1)[C@@]2(O[C@H]1CCC(=O)C1)c1ccc(Cl)cc1. The molecule has 0 bridgehead atoms. The van der Waals surface area contributed by atoms with Crippen LogP contribution in [0.2, 0.25) is 10.0 Å². The summed E-state index contributed by atoms with van der Waals surface area (Å²) in [6.07, 6.45) is 1.88. The zero-order valence-corrected chi connectivity index (χ0v) is 24.0. The fourth-order valence-electron chi connectivity index (χ4n) is 5.69. The normalized spacial score (nSPS) is 22.2. The molecular formula is C30H30Cl2FN3O4. The van der Waals surface area contributed by atoms with Gasteiger partial charge in [-0.25, -0.2) is 4.39 Å². The van der Waals surface area contributed by atoms with E-state index < -0.39 is 29.2 Å². The van der Waals surface area contributed by atoms with Crippen LogP contribution in [0.3, 0.4) is 0 Å². The smallest absolute Gasteiger partial charge is 0.257 e. The van der Waals surface area contributed by atoms with E-state index >= 15 is 4.39 Å². The predicted molar refractivity (Wildman–Crippen MR) is 150 cm³/mol. The molecule has 7 nitrogen and oxygen atoms in total. The molecule has 3 aromatic rings. The molecule has 10 heteroatoms.